The van der Waals surface area contributed by atoms with Crippen LogP contribution in [0.2, 0.25) is 5.02 Å². The monoisotopic (exact) mass is 216 g/mol. The first-order chi connectivity index (χ1) is 6.61. The zero-order chi connectivity index (χ0) is 10.6. The second kappa shape index (κ2) is 4.96. The van der Waals surface area contributed by atoms with Gasteiger partial charge in [-0.2, -0.15) is 0 Å². The smallest absolute Gasteiger partial charge is 0.183 e. The van der Waals surface area contributed by atoms with E-state index in [4.69, 9.17) is 16.3 Å². The second-order valence-corrected chi connectivity index (χ2v) is 3.26. The molecular formula is C10H10ClFO2. The normalized spacial score (nSPS) is 9.93. The van der Waals surface area contributed by atoms with Crippen LogP contribution in [-0.2, 0) is 4.79 Å². The van der Waals surface area contributed by atoms with E-state index in [0.717, 1.165) is 0 Å². The summed E-state index contributed by atoms with van der Waals surface area (Å²) in [4.78, 5) is 10.6. The van der Waals surface area contributed by atoms with E-state index in [9.17, 15) is 9.18 Å². The Hall–Kier alpha value is -1.09. The lowest BCUT2D eigenvalue weighted by molar-refractivity contribution is -0.117. The van der Waals surface area contributed by atoms with Gasteiger partial charge >= 0.3 is 0 Å². The molecule has 0 atom stereocenters. The van der Waals surface area contributed by atoms with Crippen molar-refractivity contribution in [1.29, 1.82) is 0 Å². The van der Waals surface area contributed by atoms with Crippen molar-refractivity contribution < 1.29 is 13.9 Å². The summed E-state index contributed by atoms with van der Waals surface area (Å²) in [5.41, 5.74) is 0. The molecule has 0 spiro atoms. The number of hydrogen-bond acceptors (Lipinski definition) is 2. The summed E-state index contributed by atoms with van der Waals surface area (Å²) in [6, 6.07) is 4.50. The average molecular weight is 217 g/mol. The van der Waals surface area contributed by atoms with Gasteiger partial charge in [-0.15, -0.1) is 0 Å². The molecule has 0 amide bonds. The maximum Gasteiger partial charge on any atom is 0.183 e. The molecule has 76 valence electrons. The van der Waals surface area contributed by atoms with Gasteiger partial charge in [-0.1, -0.05) is 17.7 Å². The highest BCUT2D eigenvalue weighted by Crippen LogP contribution is 2.23. The van der Waals surface area contributed by atoms with Crippen LogP contribution < -0.4 is 4.74 Å². The predicted molar refractivity (Wildman–Crippen MR) is 52.2 cm³/mol. The van der Waals surface area contributed by atoms with Crippen LogP contribution in [0, 0.1) is 5.82 Å². The molecule has 0 saturated heterocycles. The third kappa shape index (κ3) is 3.00. The Morgan fingerprint density at radius 1 is 1.57 bits per heavy atom. The van der Waals surface area contributed by atoms with E-state index in [1.807, 2.05) is 0 Å². The highest BCUT2D eigenvalue weighted by molar-refractivity contribution is 6.30. The minimum absolute atomic E-state index is 0.00689. The van der Waals surface area contributed by atoms with Crippen molar-refractivity contribution in [3.05, 3.63) is 29.0 Å². The summed E-state index contributed by atoms with van der Waals surface area (Å²) >= 11 is 5.53. The molecule has 0 aliphatic rings. The topological polar surface area (TPSA) is 26.3 Å². The molecule has 4 heteroatoms. The van der Waals surface area contributed by atoms with Gasteiger partial charge in [0.15, 0.2) is 11.6 Å². The van der Waals surface area contributed by atoms with Crippen LogP contribution in [0.5, 0.6) is 5.75 Å². The van der Waals surface area contributed by atoms with Crippen LogP contribution in [0.3, 0.4) is 0 Å². The summed E-state index contributed by atoms with van der Waals surface area (Å²) in [6.07, 6.45) is 0.270. The van der Waals surface area contributed by atoms with E-state index < -0.39 is 5.82 Å². The molecule has 0 radical (unpaired) electrons. The number of ether oxygens (including phenoxy) is 1. The third-order valence-electron chi connectivity index (χ3n) is 1.63. The average Bonchev–Trinajstić information content (AvgIpc) is 2.12. The quantitative estimate of drug-likeness (QED) is 0.774. The lowest BCUT2D eigenvalue weighted by atomic mass is 10.3. The van der Waals surface area contributed by atoms with E-state index in [2.05, 4.69) is 0 Å². The molecule has 0 unspecified atom stereocenters. The SMILES string of the molecule is CC(=O)CCOc1cccc(Cl)c1F. The van der Waals surface area contributed by atoms with Crippen LogP contribution in [0.15, 0.2) is 18.2 Å². The van der Waals surface area contributed by atoms with Crippen LogP contribution in [0.1, 0.15) is 13.3 Å². The molecule has 0 heterocycles. The highest BCUT2D eigenvalue weighted by Gasteiger charge is 2.06. The highest BCUT2D eigenvalue weighted by atomic mass is 35.5. The van der Waals surface area contributed by atoms with Crippen LogP contribution in [-0.4, -0.2) is 12.4 Å². The molecule has 1 aromatic rings. The molecule has 1 rings (SSSR count). The molecule has 0 aliphatic carbocycles. The standard InChI is InChI=1S/C10H10ClFO2/c1-7(13)5-6-14-9-4-2-3-8(11)10(9)12/h2-4H,5-6H2,1H3. The molecule has 0 aliphatic heterocycles. The van der Waals surface area contributed by atoms with Crippen molar-refractivity contribution in [3.8, 4) is 5.75 Å². The molecule has 2 nitrogen and oxygen atoms in total. The fourth-order valence-corrected chi connectivity index (χ4v) is 1.07. The summed E-state index contributed by atoms with van der Waals surface area (Å²) in [6.45, 7) is 1.63. The minimum atomic E-state index is -0.585. The van der Waals surface area contributed by atoms with Gasteiger partial charge in [0, 0.05) is 6.42 Å². The van der Waals surface area contributed by atoms with E-state index in [1.165, 1.54) is 19.1 Å². The Balaban J connectivity index is 2.59. The maximum absolute atomic E-state index is 13.2. The number of carbonyl (C=O) groups is 1. The number of ketones is 1. The van der Waals surface area contributed by atoms with Crippen molar-refractivity contribution in [2.75, 3.05) is 6.61 Å². The van der Waals surface area contributed by atoms with Crippen molar-refractivity contribution in [2.24, 2.45) is 0 Å². The van der Waals surface area contributed by atoms with Gasteiger partial charge in [-0.05, 0) is 19.1 Å². The number of Topliss-reactive ketones (excluding diaryl/α,β-unsaturated/α-hetero) is 1. The van der Waals surface area contributed by atoms with Gasteiger partial charge in [-0.3, -0.25) is 4.79 Å². The predicted octanol–water partition coefficient (Wildman–Crippen LogP) is 2.84. The van der Waals surface area contributed by atoms with E-state index >= 15 is 0 Å². The zero-order valence-corrected chi connectivity index (χ0v) is 8.47. The molecule has 0 saturated carbocycles. The Kier molecular flexibility index (Phi) is 3.89. The summed E-state index contributed by atoms with van der Waals surface area (Å²) in [5, 5.41) is 0.0188. The first-order valence-electron chi connectivity index (χ1n) is 4.17. The van der Waals surface area contributed by atoms with Crippen LogP contribution in [0.4, 0.5) is 4.39 Å². The van der Waals surface area contributed by atoms with Gasteiger partial charge < -0.3 is 4.74 Å². The molecule has 0 N–H and O–H groups in total. The van der Waals surface area contributed by atoms with Crippen molar-refractivity contribution in [1.82, 2.24) is 0 Å². The molecule has 0 aromatic heterocycles. The Morgan fingerprint density at radius 3 is 2.93 bits per heavy atom. The van der Waals surface area contributed by atoms with Crippen LogP contribution in [0.25, 0.3) is 0 Å². The molecule has 1 aromatic carbocycles. The minimum Gasteiger partial charge on any atom is -0.490 e. The van der Waals surface area contributed by atoms with Gasteiger partial charge in [0.25, 0.3) is 0 Å². The summed E-state index contributed by atoms with van der Waals surface area (Å²) < 4.78 is 18.2. The lowest BCUT2D eigenvalue weighted by Crippen LogP contribution is -2.03. The van der Waals surface area contributed by atoms with Gasteiger partial charge in [0.2, 0.25) is 0 Å². The van der Waals surface area contributed by atoms with Gasteiger partial charge in [0.1, 0.15) is 5.78 Å². The van der Waals surface area contributed by atoms with Gasteiger partial charge in [0.05, 0.1) is 11.6 Å². The second-order valence-electron chi connectivity index (χ2n) is 2.85. The van der Waals surface area contributed by atoms with Crippen molar-refractivity contribution >= 4 is 17.4 Å². The maximum atomic E-state index is 13.2. The zero-order valence-electron chi connectivity index (χ0n) is 7.72. The first kappa shape index (κ1) is 11.0. The number of rotatable bonds is 4. The largest absolute Gasteiger partial charge is 0.490 e. The molecule has 14 heavy (non-hydrogen) atoms. The van der Waals surface area contributed by atoms with E-state index in [0.29, 0.717) is 0 Å². The Labute approximate surface area is 86.6 Å². The van der Waals surface area contributed by atoms with Gasteiger partial charge in [-0.25, -0.2) is 4.39 Å². The summed E-state index contributed by atoms with van der Waals surface area (Å²) in [5.74, 6) is -0.496. The van der Waals surface area contributed by atoms with E-state index in [1.54, 1.807) is 6.07 Å². The number of halogens is 2. The number of hydrogen-bond donors (Lipinski definition) is 0. The summed E-state index contributed by atoms with van der Waals surface area (Å²) in [7, 11) is 0. The Morgan fingerprint density at radius 2 is 2.29 bits per heavy atom. The lowest BCUT2D eigenvalue weighted by Gasteiger charge is -2.06. The van der Waals surface area contributed by atoms with Crippen LogP contribution >= 0.6 is 11.6 Å². The number of benzene rings is 1. The van der Waals surface area contributed by atoms with E-state index in [-0.39, 0.29) is 29.6 Å². The molecule has 0 fully saturated rings. The molecule has 0 bridgehead atoms. The Bertz CT molecular complexity index is 339. The first-order valence-corrected chi connectivity index (χ1v) is 4.55. The molecular weight excluding hydrogens is 207 g/mol. The third-order valence-corrected chi connectivity index (χ3v) is 1.92. The van der Waals surface area contributed by atoms with Crippen molar-refractivity contribution in [3.63, 3.8) is 0 Å². The fourth-order valence-electron chi connectivity index (χ4n) is 0.900. The van der Waals surface area contributed by atoms with Crippen molar-refractivity contribution in [2.45, 2.75) is 13.3 Å². The fraction of sp³-hybridized carbons (Fsp3) is 0.300. The number of carbonyl (C=O) groups excluding carboxylic acids is 1.